The zero-order valence-corrected chi connectivity index (χ0v) is 8.90. The number of para-hydroxylation sites is 1. The van der Waals surface area contributed by atoms with Gasteiger partial charge < -0.3 is 9.05 Å². The molecule has 70 valence electrons. The zero-order chi connectivity index (χ0) is 9.31. The molecule has 1 aliphatic heterocycles. The van der Waals surface area contributed by atoms with E-state index in [-0.39, 0.29) is 0 Å². The zero-order valence-electron chi connectivity index (χ0n) is 7.19. The molecular formula is C8H10NO2PS. The molecule has 0 spiro atoms. The van der Waals surface area contributed by atoms with Crippen LogP contribution >= 0.6 is 6.64 Å². The summed E-state index contributed by atoms with van der Waals surface area (Å²) in [5, 5.41) is 2.90. The molecule has 1 aromatic carbocycles. The van der Waals surface area contributed by atoms with E-state index in [4.69, 9.17) is 20.9 Å². The van der Waals surface area contributed by atoms with Crippen LogP contribution in [0.2, 0.25) is 0 Å². The summed E-state index contributed by atoms with van der Waals surface area (Å²) in [7, 11) is 1.76. The fourth-order valence-corrected chi connectivity index (χ4v) is 2.55. The quantitative estimate of drug-likeness (QED) is 0.726. The Morgan fingerprint density at radius 1 is 1.46 bits per heavy atom. The lowest BCUT2D eigenvalue weighted by molar-refractivity contribution is 0.269. The Morgan fingerprint density at radius 2 is 2.23 bits per heavy atom. The SMILES string of the molecule is CNP1(=S)OCc2ccccc2O1. The van der Waals surface area contributed by atoms with E-state index >= 15 is 0 Å². The van der Waals surface area contributed by atoms with Crippen LogP contribution in [0.1, 0.15) is 5.56 Å². The highest BCUT2D eigenvalue weighted by molar-refractivity contribution is 8.09. The standard InChI is InChI=1S/C8H10NO2PS/c1-9-12(13)10-6-7-4-2-3-5-8(7)11-12/h2-5H,6H2,1H3,(H,9,13). The largest absolute Gasteiger partial charge is 0.432 e. The average Bonchev–Trinajstić information content (AvgIpc) is 2.18. The molecule has 0 radical (unpaired) electrons. The van der Waals surface area contributed by atoms with Gasteiger partial charge in [-0.1, -0.05) is 18.2 Å². The maximum Gasteiger partial charge on any atom is 0.312 e. The third-order valence-electron chi connectivity index (χ3n) is 1.86. The highest BCUT2D eigenvalue weighted by atomic mass is 32.5. The van der Waals surface area contributed by atoms with E-state index in [1.165, 1.54) is 0 Å². The van der Waals surface area contributed by atoms with E-state index in [1.807, 2.05) is 24.3 Å². The molecule has 1 atom stereocenters. The monoisotopic (exact) mass is 215 g/mol. The number of fused-ring (bicyclic) bond motifs is 1. The third kappa shape index (κ3) is 1.76. The molecule has 2 rings (SSSR count). The molecule has 5 heteroatoms. The van der Waals surface area contributed by atoms with Gasteiger partial charge in [-0.3, -0.25) is 0 Å². The Morgan fingerprint density at radius 3 is 3.00 bits per heavy atom. The number of hydrogen-bond donors (Lipinski definition) is 1. The molecule has 0 aliphatic carbocycles. The first kappa shape index (κ1) is 9.16. The van der Waals surface area contributed by atoms with Crippen LogP contribution < -0.4 is 9.61 Å². The highest BCUT2D eigenvalue weighted by Crippen LogP contribution is 2.49. The van der Waals surface area contributed by atoms with Crippen molar-refractivity contribution in [1.29, 1.82) is 0 Å². The summed E-state index contributed by atoms with van der Waals surface area (Å²) in [6.45, 7) is -1.71. The van der Waals surface area contributed by atoms with E-state index in [2.05, 4.69) is 5.09 Å². The average molecular weight is 215 g/mol. The van der Waals surface area contributed by atoms with Crippen LogP contribution in [-0.2, 0) is 22.9 Å². The van der Waals surface area contributed by atoms with Crippen LogP contribution in [0.25, 0.3) is 0 Å². The molecule has 0 fully saturated rings. The second-order valence-corrected chi connectivity index (χ2v) is 6.02. The van der Waals surface area contributed by atoms with E-state index in [0.717, 1.165) is 11.3 Å². The Kier molecular flexibility index (Phi) is 2.39. The van der Waals surface area contributed by atoms with Crippen molar-refractivity contribution in [2.75, 3.05) is 7.05 Å². The molecular weight excluding hydrogens is 205 g/mol. The molecule has 13 heavy (non-hydrogen) atoms. The number of rotatable bonds is 1. The van der Waals surface area contributed by atoms with Crippen molar-refractivity contribution in [3.8, 4) is 5.75 Å². The van der Waals surface area contributed by atoms with E-state index in [0.29, 0.717) is 6.61 Å². The van der Waals surface area contributed by atoms with Gasteiger partial charge in [-0.15, -0.1) is 0 Å². The van der Waals surface area contributed by atoms with Gasteiger partial charge in [-0.25, -0.2) is 5.09 Å². The van der Waals surface area contributed by atoms with Crippen LogP contribution in [0, 0.1) is 0 Å². The first-order chi connectivity index (χ1) is 6.23. The minimum atomic E-state index is -2.24. The van der Waals surface area contributed by atoms with E-state index in [9.17, 15) is 0 Å². The Hall–Kier alpha value is -0.410. The van der Waals surface area contributed by atoms with Gasteiger partial charge in [0.2, 0.25) is 0 Å². The van der Waals surface area contributed by atoms with Gasteiger partial charge in [0.15, 0.2) is 0 Å². The van der Waals surface area contributed by atoms with Crippen molar-refractivity contribution in [2.24, 2.45) is 0 Å². The van der Waals surface area contributed by atoms with Crippen LogP contribution in [0.3, 0.4) is 0 Å². The molecule has 0 amide bonds. The molecule has 3 nitrogen and oxygen atoms in total. The number of hydrogen-bond acceptors (Lipinski definition) is 3. The van der Waals surface area contributed by atoms with Gasteiger partial charge in [0.05, 0.1) is 6.61 Å². The van der Waals surface area contributed by atoms with Crippen LogP contribution in [-0.4, -0.2) is 7.05 Å². The van der Waals surface area contributed by atoms with Crippen LogP contribution in [0.15, 0.2) is 24.3 Å². The van der Waals surface area contributed by atoms with Gasteiger partial charge in [0, 0.05) is 5.56 Å². The topological polar surface area (TPSA) is 30.5 Å². The molecule has 1 heterocycles. The molecule has 1 aromatic rings. The molecule has 0 saturated heterocycles. The highest BCUT2D eigenvalue weighted by Gasteiger charge is 2.24. The van der Waals surface area contributed by atoms with Gasteiger partial charge >= 0.3 is 6.64 Å². The van der Waals surface area contributed by atoms with E-state index in [1.54, 1.807) is 7.05 Å². The summed E-state index contributed by atoms with van der Waals surface area (Å²) in [6.07, 6.45) is 0. The summed E-state index contributed by atoms with van der Waals surface area (Å²) < 4.78 is 11.0. The first-order valence-electron chi connectivity index (χ1n) is 3.95. The predicted octanol–water partition coefficient (Wildman–Crippen LogP) is 2.04. The second-order valence-electron chi connectivity index (χ2n) is 2.69. The lowest BCUT2D eigenvalue weighted by atomic mass is 10.2. The minimum absolute atomic E-state index is 0.536. The van der Waals surface area contributed by atoms with Crippen molar-refractivity contribution in [3.05, 3.63) is 29.8 Å². The minimum Gasteiger partial charge on any atom is -0.432 e. The van der Waals surface area contributed by atoms with Crippen molar-refractivity contribution in [1.82, 2.24) is 5.09 Å². The summed E-state index contributed by atoms with van der Waals surface area (Å²) in [5.41, 5.74) is 1.05. The number of nitrogens with one attached hydrogen (secondary N) is 1. The van der Waals surface area contributed by atoms with Crippen LogP contribution in [0.4, 0.5) is 0 Å². The lowest BCUT2D eigenvalue weighted by Crippen LogP contribution is -2.16. The molecule has 0 saturated carbocycles. The predicted molar refractivity (Wildman–Crippen MR) is 55.2 cm³/mol. The maximum atomic E-state index is 5.56. The van der Waals surface area contributed by atoms with Crippen LogP contribution in [0.5, 0.6) is 5.75 Å². The molecule has 1 aliphatic rings. The molecule has 0 aromatic heterocycles. The summed E-state index contributed by atoms with van der Waals surface area (Å²) in [5.74, 6) is 0.839. The van der Waals surface area contributed by atoms with Crippen molar-refractivity contribution < 1.29 is 9.05 Å². The third-order valence-corrected chi connectivity index (χ3v) is 4.40. The maximum absolute atomic E-state index is 5.56. The van der Waals surface area contributed by atoms with E-state index < -0.39 is 6.64 Å². The Bertz CT molecular complexity index is 369. The van der Waals surface area contributed by atoms with Gasteiger partial charge in [-0.2, -0.15) is 0 Å². The Balaban J connectivity index is 2.35. The molecule has 1 N–H and O–H groups in total. The smallest absolute Gasteiger partial charge is 0.312 e. The molecule has 1 unspecified atom stereocenters. The molecule has 0 bridgehead atoms. The van der Waals surface area contributed by atoms with Crippen molar-refractivity contribution >= 4 is 18.4 Å². The lowest BCUT2D eigenvalue weighted by Gasteiger charge is -2.27. The fourth-order valence-electron chi connectivity index (χ4n) is 1.13. The summed E-state index contributed by atoms with van der Waals surface area (Å²) in [4.78, 5) is 0. The normalized spacial score (nSPS) is 26.2. The van der Waals surface area contributed by atoms with Crippen molar-refractivity contribution in [3.63, 3.8) is 0 Å². The summed E-state index contributed by atoms with van der Waals surface area (Å²) >= 11 is 5.19. The second kappa shape index (κ2) is 3.39. The van der Waals surface area contributed by atoms with Crippen molar-refractivity contribution in [2.45, 2.75) is 6.61 Å². The fraction of sp³-hybridized carbons (Fsp3) is 0.250. The first-order valence-corrected chi connectivity index (χ1v) is 6.58. The Labute approximate surface area is 82.3 Å². The summed E-state index contributed by atoms with van der Waals surface area (Å²) in [6, 6.07) is 7.78. The van der Waals surface area contributed by atoms with Gasteiger partial charge in [-0.05, 0) is 24.9 Å². The number of benzene rings is 1. The van der Waals surface area contributed by atoms with Gasteiger partial charge in [0.1, 0.15) is 5.75 Å². The van der Waals surface area contributed by atoms with Gasteiger partial charge in [0.25, 0.3) is 0 Å².